The van der Waals surface area contributed by atoms with Gasteiger partial charge in [0.1, 0.15) is 11.4 Å². The highest BCUT2D eigenvalue weighted by Crippen LogP contribution is 2.16. The van der Waals surface area contributed by atoms with Crippen LogP contribution in [0.15, 0.2) is 29.1 Å². The minimum atomic E-state index is -0.509. The standard InChI is InChI=1S/C6H7NO.C4H7N5O/c7-5-3-1-2-4-6(5)8;5-1-2(6)8-4(7)9-3(1)10/h1-4,8H,7H2;5H2,(H5,6,7,8,9,10). The molecule has 0 unspecified atom stereocenters. The molecule has 0 aliphatic carbocycles. The van der Waals surface area contributed by atoms with Crippen LogP contribution in [0.5, 0.6) is 5.75 Å². The average Bonchev–Trinajstić information content (AvgIpc) is 2.31. The van der Waals surface area contributed by atoms with Crippen molar-refractivity contribution in [2.24, 2.45) is 0 Å². The quantitative estimate of drug-likeness (QED) is 0.270. The largest absolute Gasteiger partial charge is 0.506 e. The van der Waals surface area contributed by atoms with Crippen molar-refractivity contribution in [1.29, 1.82) is 0 Å². The third-order valence-corrected chi connectivity index (χ3v) is 1.94. The van der Waals surface area contributed by atoms with E-state index in [0.29, 0.717) is 5.69 Å². The topological polar surface area (TPSA) is 170 Å². The van der Waals surface area contributed by atoms with Gasteiger partial charge in [0, 0.05) is 0 Å². The Bertz CT molecular complexity index is 574. The summed E-state index contributed by atoms with van der Waals surface area (Å²) >= 11 is 0. The molecule has 1 aromatic carbocycles. The van der Waals surface area contributed by atoms with E-state index >= 15 is 0 Å². The summed E-state index contributed by atoms with van der Waals surface area (Å²) in [7, 11) is 0. The molecule has 0 spiro atoms. The zero-order chi connectivity index (χ0) is 13.7. The predicted molar refractivity (Wildman–Crippen MR) is 70.6 cm³/mol. The van der Waals surface area contributed by atoms with Crippen molar-refractivity contribution < 1.29 is 5.11 Å². The Hall–Kier alpha value is -2.90. The van der Waals surface area contributed by atoms with Gasteiger partial charge in [-0.15, -0.1) is 0 Å². The number of rotatable bonds is 0. The molecular weight excluding hydrogens is 236 g/mol. The summed E-state index contributed by atoms with van der Waals surface area (Å²) in [5.74, 6) is 0.0745. The Kier molecular flexibility index (Phi) is 3.98. The van der Waals surface area contributed by atoms with Crippen molar-refractivity contribution in [2.75, 3.05) is 22.9 Å². The Labute approximate surface area is 102 Å². The Morgan fingerprint density at radius 3 is 2.17 bits per heavy atom. The Morgan fingerprint density at radius 1 is 1.11 bits per heavy atom. The number of hydrogen-bond acceptors (Lipinski definition) is 7. The first-order valence-corrected chi connectivity index (χ1v) is 4.86. The second-order valence-corrected chi connectivity index (χ2v) is 3.31. The van der Waals surface area contributed by atoms with Gasteiger partial charge in [0.05, 0.1) is 5.69 Å². The molecule has 0 bridgehead atoms. The van der Waals surface area contributed by atoms with E-state index in [0.717, 1.165) is 0 Å². The third kappa shape index (κ3) is 3.30. The number of H-pyrrole nitrogens is 1. The van der Waals surface area contributed by atoms with Crippen LogP contribution in [0.2, 0.25) is 0 Å². The van der Waals surface area contributed by atoms with Gasteiger partial charge in [-0.2, -0.15) is 4.98 Å². The van der Waals surface area contributed by atoms with Gasteiger partial charge < -0.3 is 28.0 Å². The van der Waals surface area contributed by atoms with Crippen molar-refractivity contribution in [1.82, 2.24) is 9.97 Å². The van der Waals surface area contributed by atoms with Crippen molar-refractivity contribution in [2.45, 2.75) is 0 Å². The normalized spacial score (nSPS) is 9.33. The monoisotopic (exact) mass is 250 g/mol. The number of anilines is 4. The number of para-hydroxylation sites is 2. The lowest BCUT2D eigenvalue weighted by molar-refractivity contribution is 0.478. The molecule has 0 amide bonds. The molecule has 0 atom stereocenters. The molecule has 8 heteroatoms. The molecule has 0 radical (unpaired) electrons. The number of aromatic hydroxyl groups is 1. The fourth-order valence-electron chi connectivity index (χ4n) is 1.01. The van der Waals surface area contributed by atoms with Gasteiger partial charge in [-0.1, -0.05) is 12.1 Å². The predicted octanol–water partition coefficient (Wildman–Crippen LogP) is -0.509. The fraction of sp³-hybridized carbons (Fsp3) is 0. The number of aromatic nitrogens is 2. The molecule has 96 valence electrons. The number of nitrogens with two attached hydrogens (primary N) is 4. The van der Waals surface area contributed by atoms with Crippen molar-refractivity contribution in [3.63, 3.8) is 0 Å². The molecule has 0 aliphatic rings. The van der Waals surface area contributed by atoms with Gasteiger partial charge in [-0.3, -0.25) is 9.78 Å². The number of phenols is 1. The van der Waals surface area contributed by atoms with Gasteiger partial charge in [-0.25, -0.2) is 0 Å². The van der Waals surface area contributed by atoms with Crippen LogP contribution in [0.25, 0.3) is 0 Å². The van der Waals surface area contributed by atoms with E-state index in [2.05, 4.69) is 9.97 Å². The van der Waals surface area contributed by atoms with Crippen molar-refractivity contribution in [3.05, 3.63) is 34.6 Å². The second kappa shape index (κ2) is 5.43. The van der Waals surface area contributed by atoms with Gasteiger partial charge >= 0.3 is 0 Å². The maximum absolute atomic E-state index is 10.7. The highest BCUT2D eigenvalue weighted by molar-refractivity contribution is 5.57. The first-order chi connectivity index (χ1) is 8.41. The number of nitrogens with one attached hydrogen (secondary N) is 1. The van der Waals surface area contributed by atoms with Crippen molar-refractivity contribution in [3.8, 4) is 5.75 Å². The summed E-state index contributed by atoms with van der Waals surface area (Å²) < 4.78 is 0. The lowest BCUT2D eigenvalue weighted by Gasteiger charge is -1.96. The SMILES string of the molecule is Nc1ccccc1O.Nc1nc(N)c(N)c(=O)[nH]1. The second-order valence-electron chi connectivity index (χ2n) is 3.31. The van der Waals surface area contributed by atoms with Crippen LogP contribution >= 0.6 is 0 Å². The summed E-state index contributed by atoms with van der Waals surface area (Å²) in [6, 6.07) is 6.70. The summed E-state index contributed by atoms with van der Waals surface area (Å²) in [4.78, 5) is 16.4. The summed E-state index contributed by atoms with van der Waals surface area (Å²) in [5, 5.41) is 8.79. The number of hydrogen-bond donors (Lipinski definition) is 6. The van der Waals surface area contributed by atoms with Crippen LogP contribution in [-0.4, -0.2) is 15.1 Å². The van der Waals surface area contributed by atoms with E-state index in [-0.39, 0.29) is 23.2 Å². The van der Waals surface area contributed by atoms with Gasteiger partial charge in [0.2, 0.25) is 5.95 Å². The van der Waals surface area contributed by atoms with Crippen LogP contribution in [-0.2, 0) is 0 Å². The zero-order valence-electron chi connectivity index (χ0n) is 9.42. The van der Waals surface area contributed by atoms with Crippen LogP contribution < -0.4 is 28.5 Å². The first-order valence-electron chi connectivity index (χ1n) is 4.86. The molecule has 1 aromatic heterocycles. The maximum atomic E-state index is 10.7. The molecule has 2 aromatic rings. The van der Waals surface area contributed by atoms with Crippen molar-refractivity contribution >= 4 is 23.1 Å². The lowest BCUT2D eigenvalue weighted by atomic mass is 10.3. The molecule has 0 fully saturated rings. The molecule has 10 N–H and O–H groups in total. The van der Waals surface area contributed by atoms with Crippen LogP contribution in [0.1, 0.15) is 0 Å². The first kappa shape index (κ1) is 13.2. The van der Waals surface area contributed by atoms with E-state index in [1.165, 1.54) is 0 Å². The minimum absolute atomic E-state index is 0.0308. The molecular formula is C10H14N6O2. The Balaban J connectivity index is 0.000000184. The lowest BCUT2D eigenvalue weighted by Crippen LogP contribution is -2.17. The molecule has 0 saturated heterocycles. The molecule has 8 nitrogen and oxygen atoms in total. The average molecular weight is 250 g/mol. The van der Waals surface area contributed by atoms with Crippen LogP contribution in [0, 0.1) is 0 Å². The van der Waals surface area contributed by atoms with Gasteiger partial charge in [0.25, 0.3) is 5.56 Å². The number of nitrogens with zero attached hydrogens (tertiary/aromatic N) is 1. The van der Waals surface area contributed by atoms with E-state index in [1.54, 1.807) is 24.3 Å². The van der Waals surface area contributed by atoms with Crippen LogP contribution in [0.4, 0.5) is 23.1 Å². The smallest absolute Gasteiger partial charge is 0.277 e. The summed E-state index contributed by atoms with van der Waals surface area (Å²) in [5.41, 5.74) is 20.6. The summed E-state index contributed by atoms with van der Waals surface area (Å²) in [6.45, 7) is 0. The zero-order valence-corrected chi connectivity index (χ0v) is 9.42. The molecule has 2 rings (SSSR count). The van der Waals surface area contributed by atoms with Gasteiger partial charge in [-0.05, 0) is 12.1 Å². The highest BCUT2D eigenvalue weighted by Gasteiger charge is 2.00. The van der Waals surface area contributed by atoms with E-state index < -0.39 is 5.56 Å². The molecule has 18 heavy (non-hydrogen) atoms. The molecule has 0 aliphatic heterocycles. The number of nitrogen functional groups attached to an aromatic ring is 4. The number of phenolic OH excluding ortho intramolecular Hbond substituents is 1. The van der Waals surface area contributed by atoms with Crippen LogP contribution in [0.3, 0.4) is 0 Å². The molecule has 1 heterocycles. The van der Waals surface area contributed by atoms with E-state index in [9.17, 15) is 4.79 Å². The highest BCUT2D eigenvalue weighted by atomic mass is 16.3. The third-order valence-electron chi connectivity index (χ3n) is 1.94. The number of benzene rings is 1. The number of aromatic amines is 1. The summed E-state index contributed by atoms with van der Waals surface area (Å²) in [6.07, 6.45) is 0. The Morgan fingerprint density at radius 2 is 1.72 bits per heavy atom. The molecule has 0 saturated carbocycles. The van der Waals surface area contributed by atoms with E-state index in [4.69, 9.17) is 28.0 Å². The van der Waals surface area contributed by atoms with Gasteiger partial charge in [0.15, 0.2) is 5.82 Å². The van der Waals surface area contributed by atoms with E-state index in [1.807, 2.05) is 0 Å². The fourth-order valence-corrected chi connectivity index (χ4v) is 1.01. The maximum Gasteiger partial charge on any atom is 0.277 e. The minimum Gasteiger partial charge on any atom is -0.506 e.